The van der Waals surface area contributed by atoms with Crippen molar-refractivity contribution in [2.45, 2.75) is 13.0 Å². The number of nitrogens with zero attached hydrogens (tertiary/aromatic N) is 2. The Balaban J connectivity index is 2.67. The van der Waals surface area contributed by atoms with E-state index in [4.69, 9.17) is 14.3 Å². The minimum atomic E-state index is -0.430. The largest absolute Gasteiger partial charge is 0.493 e. The molecule has 1 heterocycles. The normalized spacial score (nSPS) is 18.5. The van der Waals surface area contributed by atoms with Crippen LogP contribution in [-0.4, -0.2) is 51.5 Å². The number of fused-ring (bicyclic) bond motifs is 1. The smallest absolute Gasteiger partial charge is 0.320 e. The van der Waals surface area contributed by atoms with E-state index in [1.807, 2.05) is 14.1 Å². The number of carbonyl (C=O) groups excluding carboxylic acids is 2. The van der Waals surface area contributed by atoms with Gasteiger partial charge in [0.2, 0.25) is 0 Å². The SMILES string of the molecule is COc1cc2c(cc1OC)N(OC=O)C(C)C(=CN(C)C)C2=O. The molecule has 0 amide bonds. The van der Waals surface area contributed by atoms with E-state index < -0.39 is 6.04 Å². The second-order valence-corrected chi connectivity index (χ2v) is 5.30. The van der Waals surface area contributed by atoms with Gasteiger partial charge in [-0.3, -0.25) is 9.59 Å². The van der Waals surface area contributed by atoms with Crippen molar-refractivity contribution in [1.82, 2.24) is 4.90 Å². The molecule has 1 unspecified atom stereocenters. The predicted octanol–water partition coefficient (Wildman–Crippen LogP) is 1.63. The van der Waals surface area contributed by atoms with E-state index in [1.54, 1.807) is 30.2 Å². The van der Waals surface area contributed by atoms with Crippen LogP contribution in [0.5, 0.6) is 11.5 Å². The first-order valence-electron chi connectivity index (χ1n) is 7.03. The number of hydrogen-bond acceptors (Lipinski definition) is 7. The number of methoxy groups -OCH3 is 2. The average Bonchev–Trinajstić information content (AvgIpc) is 2.54. The first-order chi connectivity index (χ1) is 10.9. The molecule has 0 fully saturated rings. The van der Waals surface area contributed by atoms with Gasteiger partial charge in [-0.25, -0.2) is 0 Å². The summed E-state index contributed by atoms with van der Waals surface area (Å²) in [4.78, 5) is 30.6. The summed E-state index contributed by atoms with van der Waals surface area (Å²) in [6, 6.07) is 2.78. The number of rotatable bonds is 5. The van der Waals surface area contributed by atoms with Crippen LogP contribution in [0.1, 0.15) is 17.3 Å². The molecule has 0 aromatic heterocycles. The maximum atomic E-state index is 12.8. The van der Waals surface area contributed by atoms with Gasteiger partial charge in [0.15, 0.2) is 17.3 Å². The number of anilines is 1. The second kappa shape index (κ2) is 6.60. The third-order valence-electron chi connectivity index (χ3n) is 3.60. The highest BCUT2D eigenvalue weighted by molar-refractivity contribution is 6.15. The lowest BCUT2D eigenvalue weighted by atomic mass is 9.92. The van der Waals surface area contributed by atoms with E-state index in [9.17, 15) is 9.59 Å². The monoisotopic (exact) mass is 320 g/mol. The van der Waals surface area contributed by atoms with Gasteiger partial charge in [0.25, 0.3) is 0 Å². The molecule has 0 saturated heterocycles. The van der Waals surface area contributed by atoms with Crippen molar-refractivity contribution >= 4 is 17.9 Å². The molecule has 23 heavy (non-hydrogen) atoms. The second-order valence-electron chi connectivity index (χ2n) is 5.30. The number of hydroxylamine groups is 1. The van der Waals surface area contributed by atoms with Crippen LogP contribution in [0.25, 0.3) is 0 Å². The molecule has 1 aliphatic heterocycles. The molecule has 1 aromatic rings. The van der Waals surface area contributed by atoms with E-state index in [1.165, 1.54) is 19.3 Å². The van der Waals surface area contributed by atoms with Crippen LogP contribution in [0.15, 0.2) is 23.9 Å². The number of carbonyl (C=O) groups is 2. The summed E-state index contributed by atoms with van der Waals surface area (Å²) in [5.74, 6) is 0.739. The highest BCUT2D eigenvalue weighted by Gasteiger charge is 2.36. The third kappa shape index (κ3) is 2.94. The molecule has 1 atom stereocenters. The first-order valence-corrected chi connectivity index (χ1v) is 7.03. The lowest BCUT2D eigenvalue weighted by Crippen LogP contribution is -2.42. The maximum Gasteiger partial charge on any atom is 0.320 e. The van der Waals surface area contributed by atoms with Crippen molar-refractivity contribution in [3.63, 3.8) is 0 Å². The lowest BCUT2D eigenvalue weighted by Gasteiger charge is -2.35. The van der Waals surface area contributed by atoms with Gasteiger partial charge in [0.1, 0.15) is 0 Å². The van der Waals surface area contributed by atoms with Crippen molar-refractivity contribution in [2.75, 3.05) is 33.4 Å². The van der Waals surface area contributed by atoms with Crippen LogP contribution in [0.2, 0.25) is 0 Å². The molecule has 0 aliphatic carbocycles. The zero-order valence-corrected chi connectivity index (χ0v) is 13.8. The Bertz CT molecular complexity index is 654. The summed E-state index contributed by atoms with van der Waals surface area (Å²) < 4.78 is 10.5. The van der Waals surface area contributed by atoms with Crippen molar-refractivity contribution < 1.29 is 23.9 Å². The Morgan fingerprint density at radius 2 is 1.78 bits per heavy atom. The van der Waals surface area contributed by atoms with Crippen molar-refractivity contribution in [2.24, 2.45) is 0 Å². The fourth-order valence-corrected chi connectivity index (χ4v) is 2.55. The Kier molecular flexibility index (Phi) is 4.78. The van der Waals surface area contributed by atoms with Gasteiger partial charge in [-0.1, -0.05) is 0 Å². The summed E-state index contributed by atoms with van der Waals surface area (Å²) in [6.45, 7) is 2.12. The van der Waals surface area contributed by atoms with E-state index in [-0.39, 0.29) is 5.78 Å². The molecule has 124 valence electrons. The molecular formula is C16H20N2O5. The van der Waals surface area contributed by atoms with Gasteiger partial charge in [-0.15, -0.1) is 0 Å². The highest BCUT2D eigenvalue weighted by atomic mass is 16.7. The summed E-state index contributed by atoms with van der Waals surface area (Å²) in [7, 11) is 6.64. The van der Waals surface area contributed by atoms with E-state index in [0.29, 0.717) is 34.8 Å². The molecule has 1 aliphatic rings. The fourth-order valence-electron chi connectivity index (χ4n) is 2.55. The third-order valence-corrected chi connectivity index (χ3v) is 3.60. The standard InChI is InChI=1S/C16H20N2O5/c1-10-12(8-17(2)3)16(20)11-6-14(21-4)15(22-5)7-13(11)18(10)23-9-19/h6-10H,1-5H3. The number of hydrogen-bond donors (Lipinski definition) is 0. The number of benzene rings is 1. The molecule has 0 saturated carbocycles. The van der Waals surface area contributed by atoms with Crippen LogP contribution < -0.4 is 14.5 Å². The molecule has 0 N–H and O–H groups in total. The maximum absolute atomic E-state index is 12.8. The van der Waals surface area contributed by atoms with E-state index in [2.05, 4.69) is 0 Å². The summed E-state index contributed by atoms with van der Waals surface area (Å²) in [6.07, 6.45) is 1.72. The highest BCUT2D eigenvalue weighted by Crippen LogP contribution is 2.41. The molecule has 7 heteroatoms. The van der Waals surface area contributed by atoms with Crippen LogP contribution in [0.3, 0.4) is 0 Å². The Hall–Kier alpha value is -2.70. The van der Waals surface area contributed by atoms with Crippen molar-refractivity contribution in [3.05, 3.63) is 29.5 Å². The average molecular weight is 320 g/mol. The predicted molar refractivity (Wildman–Crippen MR) is 84.7 cm³/mol. The van der Waals surface area contributed by atoms with Crippen LogP contribution in [0, 0.1) is 0 Å². The lowest BCUT2D eigenvalue weighted by molar-refractivity contribution is -0.130. The molecule has 1 aromatic carbocycles. The molecule has 7 nitrogen and oxygen atoms in total. The first kappa shape index (κ1) is 16.7. The molecule has 2 rings (SSSR count). The minimum Gasteiger partial charge on any atom is -0.493 e. The van der Waals surface area contributed by atoms with Crippen LogP contribution >= 0.6 is 0 Å². The van der Waals surface area contributed by atoms with Gasteiger partial charge >= 0.3 is 6.47 Å². The number of Topliss-reactive ketones (excluding diaryl/α,β-unsaturated/α-hetero) is 1. The molecule has 0 radical (unpaired) electrons. The van der Waals surface area contributed by atoms with Crippen molar-refractivity contribution in [1.29, 1.82) is 0 Å². The quantitative estimate of drug-likeness (QED) is 0.603. The topological polar surface area (TPSA) is 68.3 Å². The number of ketones is 1. The Morgan fingerprint density at radius 1 is 1.17 bits per heavy atom. The fraction of sp³-hybridized carbons (Fsp3) is 0.375. The minimum absolute atomic E-state index is 0.145. The molecule has 0 bridgehead atoms. The van der Waals surface area contributed by atoms with Gasteiger partial charge < -0.3 is 19.2 Å². The zero-order chi connectivity index (χ0) is 17.1. The Morgan fingerprint density at radius 3 is 2.30 bits per heavy atom. The van der Waals surface area contributed by atoms with Crippen LogP contribution in [0.4, 0.5) is 5.69 Å². The molecular weight excluding hydrogens is 300 g/mol. The van der Waals surface area contributed by atoms with Crippen LogP contribution in [-0.2, 0) is 9.63 Å². The van der Waals surface area contributed by atoms with Gasteiger partial charge in [0.05, 0.1) is 31.5 Å². The van der Waals surface area contributed by atoms with Gasteiger partial charge in [-0.05, 0) is 13.0 Å². The zero-order valence-electron chi connectivity index (χ0n) is 13.8. The van der Waals surface area contributed by atoms with E-state index in [0.717, 1.165) is 0 Å². The van der Waals surface area contributed by atoms with Gasteiger partial charge in [-0.2, -0.15) is 5.06 Å². The summed E-state index contributed by atoms with van der Waals surface area (Å²) in [5.41, 5.74) is 1.36. The van der Waals surface area contributed by atoms with Crippen molar-refractivity contribution in [3.8, 4) is 11.5 Å². The summed E-state index contributed by atoms with van der Waals surface area (Å²) in [5, 5.41) is 1.39. The van der Waals surface area contributed by atoms with E-state index >= 15 is 0 Å². The number of ether oxygens (including phenoxy) is 2. The molecule has 0 spiro atoms. The van der Waals surface area contributed by atoms with Gasteiger partial charge in [0, 0.05) is 31.9 Å². The summed E-state index contributed by atoms with van der Waals surface area (Å²) >= 11 is 0. The Labute approximate surface area is 135 Å².